The predicted molar refractivity (Wildman–Crippen MR) is 110 cm³/mol. The maximum atomic E-state index is 13.2. The van der Waals surface area contributed by atoms with E-state index < -0.39 is 0 Å². The van der Waals surface area contributed by atoms with E-state index in [-0.39, 0.29) is 24.3 Å². The van der Waals surface area contributed by atoms with E-state index in [9.17, 15) is 9.59 Å². The Bertz CT molecular complexity index is 919. The molecule has 0 saturated heterocycles. The average Bonchev–Trinajstić information content (AvgIpc) is 3.57. The van der Waals surface area contributed by atoms with Crippen LogP contribution >= 0.6 is 0 Å². The van der Waals surface area contributed by atoms with Crippen molar-refractivity contribution in [3.05, 3.63) is 59.2 Å². The molecule has 0 N–H and O–H groups in total. The summed E-state index contributed by atoms with van der Waals surface area (Å²) >= 11 is 0. The van der Waals surface area contributed by atoms with Gasteiger partial charge in [-0.15, -0.1) is 0 Å². The molecule has 2 aliphatic carbocycles. The molecule has 0 radical (unpaired) electrons. The molecule has 0 heterocycles. The summed E-state index contributed by atoms with van der Waals surface area (Å²) < 4.78 is 11.2. The largest absolute Gasteiger partial charge is 0.493 e. The standard InChI is InChI=1S/C24H27NO4/c1-16(26)18-10-13-22(23(14-18)28-2)29-15-24(27)25(19-11-12-19)21-9-5-7-17-6-3-4-8-20(17)21/h3-4,6,8,10,13-14,19,21H,5,7,9,11-12,15H2,1-2H3. The summed E-state index contributed by atoms with van der Waals surface area (Å²) in [7, 11) is 1.53. The van der Waals surface area contributed by atoms with Crippen molar-refractivity contribution in [3.8, 4) is 11.5 Å². The second kappa shape index (κ2) is 8.27. The van der Waals surface area contributed by atoms with E-state index >= 15 is 0 Å². The lowest BCUT2D eigenvalue weighted by atomic mass is 9.86. The molecule has 5 heteroatoms. The van der Waals surface area contributed by atoms with E-state index in [0.29, 0.717) is 23.1 Å². The highest BCUT2D eigenvalue weighted by atomic mass is 16.5. The Balaban J connectivity index is 1.51. The van der Waals surface area contributed by atoms with Crippen molar-refractivity contribution < 1.29 is 19.1 Å². The van der Waals surface area contributed by atoms with Gasteiger partial charge < -0.3 is 14.4 Å². The number of benzene rings is 2. The molecule has 1 atom stereocenters. The van der Waals surface area contributed by atoms with Crippen LogP contribution in [0.3, 0.4) is 0 Å². The number of hydrogen-bond acceptors (Lipinski definition) is 4. The topological polar surface area (TPSA) is 55.8 Å². The lowest BCUT2D eigenvalue weighted by Crippen LogP contribution is -2.41. The Morgan fingerprint density at radius 3 is 2.59 bits per heavy atom. The maximum Gasteiger partial charge on any atom is 0.261 e. The molecule has 2 aromatic rings. The third kappa shape index (κ3) is 4.14. The minimum absolute atomic E-state index is 0.00639. The van der Waals surface area contributed by atoms with Gasteiger partial charge in [-0.2, -0.15) is 0 Å². The van der Waals surface area contributed by atoms with Crippen molar-refractivity contribution in [1.29, 1.82) is 0 Å². The van der Waals surface area contributed by atoms with Gasteiger partial charge in [0.05, 0.1) is 13.2 Å². The van der Waals surface area contributed by atoms with Gasteiger partial charge in [0.15, 0.2) is 23.9 Å². The molecule has 0 aliphatic heterocycles. The van der Waals surface area contributed by atoms with Gasteiger partial charge in [-0.3, -0.25) is 9.59 Å². The predicted octanol–water partition coefficient (Wildman–Crippen LogP) is 4.35. The van der Waals surface area contributed by atoms with Crippen LogP contribution in [0.5, 0.6) is 11.5 Å². The van der Waals surface area contributed by atoms with Crippen LogP contribution in [0.2, 0.25) is 0 Å². The van der Waals surface area contributed by atoms with Crippen LogP contribution in [0.1, 0.15) is 60.1 Å². The number of fused-ring (bicyclic) bond motifs is 1. The molecule has 0 bridgehead atoms. The van der Waals surface area contributed by atoms with Crippen LogP contribution in [0.25, 0.3) is 0 Å². The van der Waals surface area contributed by atoms with E-state index in [1.54, 1.807) is 18.2 Å². The number of ketones is 1. The molecular weight excluding hydrogens is 366 g/mol. The molecule has 2 aliphatic rings. The van der Waals surface area contributed by atoms with Crippen LogP contribution in [0.4, 0.5) is 0 Å². The Kier molecular flexibility index (Phi) is 5.56. The molecule has 2 aromatic carbocycles. The minimum Gasteiger partial charge on any atom is -0.493 e. The molecule has 1 unspecified atom stereocenters. The molecule has 0 spiro atoms. The van der Waals surface area contributed by atoms with Gasteiger partial charge in [-0.25, -0.2) is 0 Å². The fourth-order valence-electron chi connectivity index (χ4n) is 4.22. The van der Waals surface area contributed by atoms with Crippen LogP contribution < -0.4 is 9.47 Å². The lowest BCUT2D eigenvalue weighted by molar-refractivity contribution is -0.137. The maximum absolute atomic E-state index is 13.2. The summed E-state index contributed by atoms with van der Waals surface area (Å²) in [6, 6.07) is 13.9. The fourth-order valence-corrected chi connectivity index (χ4v) is 4.22. The molecule has 0 aromatic heterocycles. The van der Waals surface area contributed by atoms with Crippen molar-refractivity contribution in [3.63, 3.8) is 0 Å². The summed E-state index contributed by atoms with van der Waals surface area (Å²) in [6.07, 6.45) is 5.28. The van der Waals surface area contributed by atoms with Gasteiger partial charge in [0.1, 0.15) is 0 Å². The van der Waals surface area contributed by atoms with Gasteiger partial charge in [-0.1, -0.05) is 24.3 Å². The summed E-state index contributed by atoms with van der Waals surface area (Å²) in [5.74, 6) is 0.908. The Hall–Kier alpha value is -2.82. The van der Waals surface area contributed by atoms with E-state index in [2.05, 4.69) is 29.2 Å². The number of carbonyl (C=O) groups excluding carboxylic acids is 2. The molecule has 4 rings (SSSR count). The van der Waals surface area contributed by atoms with Crippen molar-refractivity contribution in [2.24, 2.45) is 0 Å². The third-order valence-electron chi connectivity index (χ3n) is 5.82. The van der Waals surface area contributed by atoms with Crippen LogP contribution in [0.15, 0.2) is 42.5 Å². The molecule has 152 valence electrons. The van der Waals surface area contributed by atoms with Crippen LogP contribution in [0, 0.1) is 0 Å². The number of aryl methyl sites for hydroxylation is 1. The molecule has 5 nitrogen and oxygen atoms in total. The van der Waals surface area contributed by atoms with Gasteiger partial charge >= 0.3 is 0 Å². The smallest absolute Gasteiger partial charge is 0.261 e. The third-order valence-corrected chi connectivity index (χ3v) is 5.82. The average molecular weight is 393 g/mol. The van der Waals surface area contributed by atoms with Crippen LogP contribution in [-0.4, -0.2) is 36.3 Å². The van der Waals surface area contributed by atoms with Crippen molar-refractivity contribution >= 4 is 11.7 Å². The number of hydrogen-bond donors (Lipinski definition) is 0. The summed E-state index contributed by atoms with van der Waals surface area (Å²) in [6.45, 7) is 1.47. The number of methoxy groups -OCH3 is 1. The van der Waals surface area contributed by atoms with Crippen LogP contribution in [-0.2, 0) is 11.2 Å². The van der Waals surface area contributed by atoms with E-state index in [0.717, 1.165) is 32.1 Å². The SMILES string of the molecule is COc1cc(C(C)=O)ccc1OCC(=O)N(C1CC1)C1CCCc2ccccc21. The van der Waals surface area contributed by atoms with Crippen molar-refractivity contribution in [1.82, 2.24) is 4.90 Å². The normalized spacial score (nSPS) is 17.9. The first kappa shape index (κ1) is 19.5. The second-order valence-corrected chi connectivity index (χ2v) is 7.85. The van der Waals surface area contributed by atoms with E-state index in [4.69, 9.17) is 9.47 Å². The summed E-state index contributed by atoms with van der Waals surface area (Å²) in [4.78, 5) is 26.8. The first-order valence-electron chi connectivity index (χ1n) is 10.3. The number of nitrogens with zero attached hydrogens (tertiary/aromatic N) is 1. The number of Topliss-reactive ketones (excluding diaryl/α,β-unsaturated/α-hetero) is 1. The highest BCUT2D eigenvalue weighted by Gasteiger charge is 2.39. The van der Waals surface area contributed by atoms with E-state index in [1.807, 2.05) is 0 Å². The highest BCUT2D eigenvalue weighted by molar-refractivity contribution is 5.94. The summed E-state index contributed by atoms with van der Waals surface area (Å²) in [5.41, 5.74) is 3.19. The molecular formula is C24H27NO4. The number of ether oxygens (including phenoxy) is 2. The number of rotatable bonds is 7. The number of carbonyl (C=O) groups is 2. The zero-order valence-corrected chi connectivity index (χ0v) is 17.0. The second-order valence-electron chi connectivity index (χ2n) is 7.85. The molecule has 1 amide bonds. The summed E-state index contributed by atoms with van der Waals surface area (Å²) in [5, 5.41) is 0. The van der Waals surface area contributed by atoms with Gasteiger partial charge in [-0.05, 0) is 68.4 Å². The zero-order chi connectivity index (χ0) is 20.4. The van der Waals surface area contributed by atoms with Gasteiger partial charge in [0.25, 0.3) is 5.91 Å². The first-order chi connectivity index (χ1) is 14.1. The monoisotopic (exact) mass is 393 g/mol. The Morgan fingerprint density at radius 2 is 1.86 bits per heavy atom. The van der Waals surface area contributed by atoms with Gasteiger partial charge in [0.2, 0.25) is 0 Å². The fraction of sp³-hybridized carbons (Fsp3) is 0.417. The Labute approximate surface area is 171 Å². The van der Waals surface area contributed by atoms with Gasteiger partial charge in [0, 0.05) is 11.6 Å². The minimum atomic E-state index is -0.0400. The molecule has 1 saturated carbocycles. The van der Waals surface area contributed by atoms with E-state index in [1.165, 1.54) is 25.2 Å². The lowest BCUT2D eigenvalue weighted by Gasteiger charge is -2.36. The number of amides is 1. The Morgan fingerprint density at radius 1 is 1.07 bits per heavy atom. The molecule has 1 fully saturated rings. The van der Waals surface area contributed by atoms with Crippen molar-refractivity contribution in [2.75, 3.05) is 13.7 Å². The highest BCUT2D eigenvalue weighted by Crippen LogP contribution is 2.41. The first-order valence-corrected chi connectivity index (χ1v) is 10.3. The van der Waals surface area contributed by atoms with Crippen molar-refractivity contribution in [2.45, 2.75) is 51.1 Å². The zero-order valence-electron chi connectivity index (χ0n) is 17.0. The molecule has 29 heavy (non-hydrogen) atoms. The quantitative estimate of drug-likeness (QED) is 0.657.